The third-order valence-electron chi connectivity index (χ3n) is 3.37. The number of hydrogen-bond donors (Lipinski definition) is 1. The third-order valence-corrected chi connectivity index (χ3v) is 4.75. The fourth-order valence-corrected chi connectivity index (χ4v) is 3.45. The number of para-hydroxylation sites is 1. The molecule has 0 aliphatic carbocycles. The van der Waals surface area contributed by atoms with Crippen LogP contribution in [0, 0.1) is 0 Å². The van der Waals surface area contributed by atoms with Gasteiger partial charge in [0.05, 0.1) is 12.2 Å². The van der Waals surface area contributed by atoms with Crippen molar-refractivity contribution < 1.29 is 9.53 Å². The van der Waals surface area contributed by atoms with Crippen molar-refractivity contribution in [2.75, 3.05) is 17.7 Å². The number of esters is 1. The maximum Gasteiger partial charge on any atom is 0.340 e. The molecule has 2 unspecified atom stereocenters. The molecular weight excluding hydrogens is 258 g/mol. The van der Waals surface area contributed by atoms with Crippen LogP contribution in [0.5, 0.6) is 0 Å². The standard InChI is InChI=1S/C15H21NO2S/c1-3-18-15(17)12-7-4-5-8-14(12)16-13-9-6-10-19-11(13)2/h4-5,7-8,11,13,16H,3,6,9-10H2,1-2H3. The van der Waals surface area contributed by atoms with Crippen molar-refractivity contribution in [3.8, 4) is 0 Å². The monoisotopic (exact) mass is 279 g/mol. The summed E-state index contributed by atoms with van der Waals surface area (Å²) in [5, 5.41) is 4.09. The van der Waals surface area contributed by atoms with Gasteiger partial charge in [0.1, 0.15) is 0 Å². The maximum absolute atomic E-state index is 11.9. The third kappa shape index (κ3) is 3.66. The Morgan fingerprint density at radius 1 is 1.47 bits per heavy atom. The molecule has 104 valence electrons. The van der Waals surface area contributed by atoms with Gasteiger partial charge in [-0.1, -0.05) is 19.1 Å². The van der Waals surface area contributed by atoms with Crippen LogP contribution in [0.25, 0.3) is 0 Å². The van der Waals surface area contributed by atoms with E-state index in [-0.39, 0.29) is 5.97 Å². The fraction of sp³-hybridized carbons (Fsp3) is 0.533. The Hall–Kier alpha value is -1.16. The molecule has 1 aromatic carbocycles. The highest BCUT2D eigenvalue weighted by atomic mass is 32.2. The number of thioether (sulfide) groups is 1. The minimum absolute atomic E-state index is 0.248. The van der Waals surface area contributed by atoms with E-state index < -0.39 is 0 Å². The maximum atomic E-state index is 11.9. The quantitative estimate of drug-likeness (QED) is 0.855. The van der Waals surface area contributed by atoms with Crippen LogP contribution in [-0.4, -0.2) is 29.6 Å². The Morgan fingerprint density at radius 3 is 3.00 bits per heavy atom. The molecule has 0 spiro atoms. The number of benzene rings is 1. The van der Waals surface area contributed by atoms with E-state index in [0.717, 1.165) is 12.1 Å². The van der Waals surface area contributed by atoms with Crippen molar-refractivity contribution in [1.82, 2.24) is 0 Å². The van der Waals surface area contributed by atoms with E-state index in [1.807, 2.05) is 43.0 Å². The van der Waals surface area contributed by atoms with E-state index in [2.05, 4.69) is 12.2 Å². The molecule has 3 nitrogen and oxygen atoms in total. The van der Waals surface area contributed by atoms with Crippen molar-refractivity contribution >= 4 is 23.4 Å². The van der Waals surface area contributed by atoms with E-state index in [1.54, 1.807) is 0 Å². The lowest BCUT2D eigenvalue weighted by Gasteiger charge is -2.30. The van der Waals surface area contributed by atoms with Crippen LogP contribution in [0.1, 0.15) is 37.0 Å². The molecule has 1 heterocycles. The number of anilines is 1. The highest BCUT2D eigenvalue weighted by molar-refractivity contribution is 8.00. The van der Waals surface area contributed by atoms with Gasteiger partial charge in [-0.15, -0.1) is 0 Å². The molecule has 1 aliphatic rings. The fourth-order valence-electron chi connectivity index (χ4n) is 2.31. The summed E-state index contributed by atoms with van der Waals surface area (Å²) in [7, 11) is 0. The molecular formula is C15H21NO2S. The molecule has 1 N–H and O–H groups in total. The van der Waals surface area contributed by atoms with E-state index in [1.165, 1.54) is 12.2 Å². The Labute approximate surface area is 119 Å². The van der Waals surface area contributed by atoms with Gasteiger partial charge in [0.25, 0.3) is 0 Å². The van der Waals surface area contributed by atoms with E-state index in [9.17, 15) is 4.79 Å². The van der Waals surface area contributed by atoms with Crippen LogP contribution in [-0.2, 0) is 4.74 Å². The van der Waals surface area contributed by atoms with Gasteiger partial charge in [-0.3, -0.25) is 0 Å². The van der Waals surface area contributed by atoms with E-state index in [4.69, 9.17) is 4.74 Å². The second-order valence-electron chi connectivity index (χ2n) is 4.74. The predicted molar refractivity (Wildman–Crippen MR) is 81.0 cm³/mol. The second kappa shape index (κ2) is 6.85. The SMILES string of the molecule is CCOC(=O)c1ccccc1NC1CCCSC1C. The molecule has 0 saturated carbocycles. The summed E-state index contributed by atoms with van der Waals surface area (Å²) < 4.78 is 5.10. The highest BCUT2D eigenvalue weighted by Gasteiger charge is 2.23. The molecule has 2 rings (SSSR count). The largest absolute Gasteiger partial charge is 0.462 e. The molecule has 4 heteroatoms. The Kier molecular flexibility index (Phi) is 5.14. The summed E-state index contributed by atoms with van der Waals surface area (Å²) >= 11 is 1.99. The minimum atomic E-state index is -0.248. The predicted octanol–water partition coefficient (Wildman–Crippen LogP) is 3.56. The zero-order valence-electron chi connectivity index (χ0n) is 11.5. The molecule has 2 atom stereocenters. The number of nitrogens with one attached hydrogen (secondary N) is 1. The number of hydrogen-bond acceptors (Lipinski definition) is 4. The Morgan fingerprint density at radius 2 is 2.26 bits per heavy atom. The molecule has 0 aromatic heterocycles. The van der Waals surface area contributed by atoms with Gasteiger partial charge in [0.2, 0.25) is 0 Å². The second-order valence-corrected chi connectivity index (χ2v) is 6.22. The summed E-state index contributed by atoms with van der Waals surface area (Å²) in [6.45, 7) is 4.48. The van der Waals surface area contributed by atoms with Gasteiger partial charge in [-0.2, -0.15) is 11.8 Å². The van der Waals surface area contributed by atoms with Crippen molar-refractivity contribution in [3.05, 3.63) is 29.8 Å². The molecule has 1 saturated heterocycles. The molecule has 0 bridgehead atoms. The summed E-state index contributed by atoms with van der Waals surface area (Å²) in [5.74, 6) is 0.987. The van der Waals surface area contributed by atoms with Crippen LogP contribution in [0.15, 0.2) is 24.3 Å². The summed E-state index contributed by atoms with van der Waals surface area (Å²) in [6, 6.07) is 8.02. The van der Waals surface area contributed by atoms with Crippen LogP contribution < -0.4 is 5.32 Å². The number of ether oxygens (including phenoxy) is 1. The lowest BCUT2D eigenvalue weighted by atomic mass is 10.1. The average molecular weight is 279 g/mol. The van der Waals surface area contributed by atoms with Crippen LogP contribution in [0.2, 0.25) is 0 Å². The van der Waals surface area contributed by atoms with Gasteiger partial charge in [0, 0.05) is 17.0 Å². The first kappa shape index (κ1) is 14.3. The van der Waals surface area contributed by atoms with Gasteiger partial charge in [-0.05, 0) is 37.7 Å². The van der Waals surface area contributed by atoms with Crippen LogP contribution in [0.4, 0.5) is 5.69 Å². The van der Waals surface area contributed by atoms with Crippen molar-refractivity contribution in [3.63, 3.8) is 0 Å². The minimum Gasteiger partial charge on any atom is -0.462 e. The number of rotatable bonds is 4. The van der Waals surface area contributed by atoms with Crippen LogP contribution in [0.3, 0.4) is 0 Å². The van der Waals surface area contributed by atoms with Crippen LogP contribution >= 0.6 is 11.8 Å². The molecule has 1 aliphatic heterocycles. The van der Waals surface area contributed by atoms with Gasteiger partial charge < -0.3 is 10.1 Å². The number of carbonyl (C=O) groups is 1. The summed E-state index contributed by atoms with van der Waals surface area (Å²) in [4.78, 5) is 11.9. The normalized spacial score (nSPS) is 22.8. The smallest absolute Gasteiger partial charge is 0.340 e. The first-order chi connectivity index (χ1) is 9.22. The average Bonchev–Trinajstić information content (AvgIpc) is 2.42. The van der Waals surface area contributed by atoms with E-state index in [0.29, 0.717) is 23.5 Å². The molecule has 1 aromatic rings. The first-order valence-electron chi connectivity index (χ1n) is 6.86. The van der Waals surface area contributed by atoms with Gasteiger partial charge in [0.15, 0.2) is 0 Å². The number of carbonyl (C=O) groups excluding carboxylic acids is 1. The van der Waals surface area contributed by atoms with Gasteiger partial charge >= 0.3 is 5.97 Å². The zero-order valence-corrected chi connectivity index (χ0v) is 12.3. The summed E-state index contributed by atoms with van der Waals surface area (Å²) in [6.07, 6.45) is 2.39. The highest BCUT2D eigenvalue weighted by Crippen LogP contribution is 2.28. The topological polar surface area (TPSA) is 38.3 Å². The Balaban J connectivity index is 2.13. The molecule has 0 amide bonds. The van der Waals surface area contributed by atoms with Crippen molar-refractivity contribution in [1.29, 1.82) is 0 Å². The molecule has 19 heavy (non-hydrogen) atoms. The van der Waals surface area contributed by atoms with Crippen molar-refractivity contribution in [2.24, 2.45) is 0 Å². The zero-order chi connectivity index (χ0) is 13.7. The first-order valence-corrected chi connectivity index (χ1v) is 7.91. The molecule has 0 radical (unpaired) electrons. The van der Waals surface area contributed by atoms with Gasteiger partial charge in [-0.25, -0.2) is 4.79 Å². The lowest BCUT2D eigenvalue weighted by Crippen LogP contribution is -2.33. The summed E-state index contributed by atoms with van der Waals surface area (Å²) in [5.41, 5.74) is 1.52. The molecule has 1 fully saturated rings. The van der Waals surface area contributed by atoms with E-state index >= 15 is 0 Å². The Bertz CT molecular complexity index is 436. The van der Waals surface area contributed by atoms with Crippen molar-refractivity contribution in [2.45, 2.75) is 38.0 Å². The lowest BCUT2D eigenvalue weighted by molar-refractivity contribution is 0.0527.